The Morgan fingerprint density at radius 2 is 2.09 bits per heavy atom. The molecule has 0 aromatic carbocycles. The molecule has 0 N–H and O–H groups in total. The lowest BCUT2D eigenvalue weighted by Gasteiger charge is -2.26. The SMILES string of the molecule is Cn1cc(C(=O)N2CC[C@@H]3[C@H]2CCN3c2ccccn2)cn1. The van der Waals surface area contributed by atoms with Crippen molar-refractivity contribution < 1.29 is 4.79 Å². The van der Waals surface area contributed by atoms with E-state index in [1.807, 2.05) is 36.3 Å². The Morgan fingerprint density at radius 3 is 2.82 bits per heavy atom. The molecule has 2 aromatic heterocycles. The van der Waals surface area contributed by atoms with Gasteiger partial charge in [-0.1, -0.05) is 6.07 Å². The first-order chi connectivity index (χ1) is 10.7. The second-order valence-corrected chi connectivity index (χ2v) is 5.99. The number of aromatic nitrogens is 3. The molecule has 2 fully saturated rings. The van der Waals surface area contributed by atoms with Crippen molar-refractivity contribution in [1.82, 2.24) is 19.7 Å². The lowest BCUT2D eigenvalue weighted by Crippen LogP contribution is -2.39. The Morgan fingerprint density at radius 1 is 1.23 bits per heavy atom. The van der Waals surface area contributed by atoms with Crippen LogP contribution < -0.4 is 4.90 Å². The highest BCUT2D eigenvalue weighted by molar-refractivity contribution is 5.94. The molecule has 0 radical (unpaired) electrons. The van der Waals surface area contributed by atoms with E-state index in [0.29, 0.717) is 11.6 Å². The molecule has 2 aliphatic rings. The Hall–Kier alpha value is -2.37. The zero-order chi connectivity index (χ0) is 15.1. The van der Waals surface area contributed by atoms with Gasteiger partial charge >= 0.3 is 0 Å². The molecule has 6 heteroatoms. The molecular formula is C16H19N5O. The number of rotatable bonds is 2. The Kier molecular flexibility index (Phi) is 3.10. The second kappa shape index (κ2) is 5.12. The van der Waals surface area contributed by atoms with Gasteiger partial charge in [-0.2, -0.15) is 5.10 Å². The summed E-state index contributed by atoms with van der Waals surface area (Å²) >= 11 is 0. The number of nitrogens with zero attached hydrogens (tertiary/aromatic N) is 5. The molecule has 2 atom stereocenters. The summed E-state index contributed by atoms with van der Waals surface area (Å²) in [6, 6.07) is 6.67. The van der Waals surface area contributed by atoms with Crippen molar-refractivity contribution in [2.45, 2.75) is 24.9 Å². The van der Waals surface area contributed by atoms with Crippen LogP contribution in [0.3, 0.4) is 0 Å². The highest BCUT2D eigenvalue weighted by Crippen LogP contribution is 2.34. The largest absolute Gasteiger partial charge is 0.351 e. The average molecular weight is 297 g/mol. The van der Waals surface area contributed by atoms with Gasteiger partial charge in [-0.3, -0.25) is 9.48 Å². The summed E-state index contributed by atoms with van der Waals surface area (Å²) in [5.74, 6) is 1.12. The third kappa shape index (κ3) is 2.06. The van der Waals surface area contributed by atoms with Crippen molar-refractivity contribution in [1.29, 1.82) is 0 Å². The third-order valence-corrected chi connectivity index (χ3v) is 4.73. The van der Waals surface area contributed by atoms with E-state index in [9.17, 15) is 4.79 Å². The van der Waals surface area contributed by atoms with Crippen molar-refractivity contribution in [2.75, 3.05) is 18.0 Å². The number of pyridine rings is 1. The van der Waals surface area contributed by atoms with Gasteiger partial charge in [0.15, 0.2) is 0 Å². The maximum Gasteiger partial charge on any atom is 0.257 e. The lowest BCUT2D eigenvalue weighted by atomic mass is 10.1. The van der Waals surface area contributed by atoms with E-state index in [-0.39, 0.29) is 11.9 Å². The molecule has 0 unspecified atom stereocenters. The number of hydrogen-bond donors (Lipinski definition) is 0. The molecule has 22 heavy (non-hydrogen) atoms. The molecule has 114 valence electrons. The van der Waals surface area contributed by atoms with E-state index in [0.717, 1.165) is 31.7 Å². The molecule has 4 rings (SSSR count). The van der Waals surface area contributed by atoms with Crippen molar-refractivity contribution in [3.8, 4) is 0 Å². The number of hydrogen-bond acceptors (Lipinski definition) is 4. The number of aryl methyl sites for hydroxylation is 1. The minimum absolute atomic E-state index is 0.100. The van der Waals surface area contributed by atoms with Gasteiger partial charge in [-0.15, -0.1) is 0 Å². The van der Waals surface area contributed by atoms with Crippen molar-refractivity contribution in [3.63, 3.8) is 0 Å². The number of anilines is 1. The highest BCUT2D eigenvalue weighted by Gasteiger charge is 2.45. The normalized spacial score (nSPS) is 23.9. The first kappa shape index (κ1) is 13.3. The van der Waals surface area contributed by atoms with Gasteiger partial charge in [0, 0.05) is 32.5 Å². The van der Waals surface area contributed by atoms with Crippen LogP contribution in [0.25, 0.3) is 0 Å². The minimum atomic E-state index is 0.100. The summed E-state index contributed by atoms with van der Waals surface area (Å²) in [6.45, 7) is 1.77. The van der Waals surface area contributed by atoms with Crippen LogP contribution in [0.1, 0.15) is 23.2 Å². The van der Waals surface area contributed by atoms with Gasteiger partial charge in [0.05, 0.1) is 23.8 Å². The third-order valence-electron chi connectivity index (χ3n) is 4.73. The van der Waals surface area contributed by atoms with Gasteiger partial charge in [0.25, 0.3) is 5.91 Å². The number of carbonyl (C=O) groups excluding carboxylic acids is 1. The van der Waals surface area contributed by atoms with Gasteiger partial charge in [-0.05, 0) is 25.0 Å². The monoisotopic (exact) mass is 297 g/mol. The fourth-order valence-electron chi connectivity index (χ4n) is 3.74. The molecule has 2 aliphatic heterocycles. The Bertz CT molecular complexity index is 683. The first-order valence-electron chi connectivity index (χ1n) is 7.71. The van der Waals surface area contributed by atoms with Gasteiger partial charge in [0.1, 0.15) is 5.82 Å². The smallest absolute Gasteiger partial charge is 0.257 e. The van der Waals surface area contributed by atoms with Crippen molar-refractivity contribution in [2.24, 2.45) is 7.05 Å². The maximum absolute atomic E-state index is 12.7. The van der Waals surface area contributed by atoms with Crippen molar-refractivity contribution in [3.05, 3.63) is 42.4 Å². The van der Waals surface area contributed by atoms with Crippen LogP contribution in [-0.2, 0) is 7.05 Å². The molecule has 2 aromatic rings. The predicted octanol–water partition coefficient (Wildman–Crippen LogP) is 1.31. The summed E-state index contributed by atoms with van der Waals surface area (Å²) in [5, 5.41) is 4.11. The number of likely N-dealkylation sites (tertiary alicyclic amines) is 1. The van der Waals surface area contributed by atoms with Crippen LogP contribution >= 0.6 is 0 Å². The van der Waals surface area contributed by atoms with E-state index in [1.54, 1.807) is 17.1 Å². The molecule has 6 nitrogen and oxygen atoms in total. The van der Waals surface area contributed by atoms with E-state index in [1.165, 1.54) is 0 Å². The fraction of sp³-hybridized carbons (Fsp3) is 0.438. The first-order valence-corrected chi connectivity index (χ1v) is 7.71. The van der Waals surface area contributed by atoms with E-state index in [2.05, 4.69) is 15.0 Å². The molecule has 1 amide bonds. The van der Waals surface area contributed by atoms with Crippen LogP contribution in [0.2, 0.25) is 0 Å². The van der Waals surface area contributed by atoms with E-state index >= 15 is 0 Å². The zero-order valence-corrected chi connectivity index (χ0v) is 12.6. The minimum Gasteiger partial charge on any atom is -0.351 e. The predicted molar refractivity (Wildman–Crippen MR) is 82.6 cm³/mol. The molecule has 0 aliphatic carbocycles. The Labute approximate surface area is 129 Å². The quantitative estimate of drug-likeness (QED) is 0.838. The van der Waals surface area contributed by atoms with Crippen LogP contribution in [0, 0.1) is 0 Å². The zero-order valence-electron chi connectivity index (χ0n) is 12.6. The summed E-state index contributed by atoms with van der Waals surface area (Å²) in [7, 11) is 1.84. The molecule has 0 bridgehead atoms. The summed E-state index contributed by atoms with van der Waals surface area (Å²) in [5.41, 5.74) is 0.680. The lowest BCUT2D eigenvalue weighted by molar-refractivity contribution is 0.0737. The highest BCUT2D eigenvalue weighted by atomic mass is 16.2. The maximum atomic E-state index is 12.7. The summed E-state index contributed by atoms with van der Waals surface area (Å²) in [6.07, 6.45) is 7.29. The number of fused-ring (bicyclic) bond motifs is 1. The summed E-state index contributed by atoms with van der Waals surface area (Å²) < 4.78 is 1.68. The van der Waals surface area contributed by atoms with E-state index in [4.69, 9.17) is 0 Å². The Balaban J connectivity index is 1.54. The van der Waals surface area contributed by atoms with Gasteiger partial charge < -0.3 is 9.80 Å². The van der Waals surface area contributed by atoms with E-state index < -0.39 is 0 Å². The number of carbonyl (C=O) groups is 1. The van der Waals surface area contributed by atoms with Crippen molar-refractivity contribution >= 4 is 11.7 Å². The molecular weight excluding hydrogens is 278 g/mol. The van der Waals surface area contributed by atoms with Gasteiger partial charge in [0.2, 0.25) is 0 Å². The fourth-order valence-corrected chi connectivity index (χ4v) is 3.74. The topological polar surface area (TPSA) is 54.3 Å². The molecule has 0 saturated carbocycles. The van der Waals surface area contributed by atoms with Crippen LogP contribution in [-0.4, -0.2) is 50.7 Å². The van der Waals surface area contributed by atoms with Crippen LogP contribution in [0.4, 0.5) is 5.82 Å². The summed E-state index contributed by atoms with van der Waals surface area (Å²) in [4.78, 5) is 21.5. The van der Waals surface area contributed by atoms with Crippen LogP contribution in [0.15, 0.2) is 36.8 Å². The molecule has 2 saturated heterocycles. The number of amides is 1. The molecule has 4 heterocycles. The molecule has 0 spiro atoms. The second-order valence-electron chi connectivity index (χ2n) is 5.99. The van der Waals surface area contributed by atoms with Gasteiger partial charge in [-0.25, -0.2) is 4.98 Å². The average Bonchev–Trinajstić information content (AvgIpc) is 3.23. The standard InChI is InChI=1S/C16H19N5O/c1-19-11-12(10-18-19)16(22)21-9-6-13-14(21)5-8-20(13)15-4-2-3-7-17-15/h2-4,7,10-11,13-14H,5-6,8-9H2,1H3/t13-,14-/m1/s1. The van der Waals surface area contributed by atoms with Crippen LogP contribution in [0.5, 0.6) is 0 Å².